The van der Waals surface area contributed by atoms with E-state index in [0.29, 0.717) is 5.92 Å². The van der Waals surface area contributed by atoms with Crippen molar-refractivity contribution in [3.63, 3.8) is 0 Å². The Morgan fingerprint density at radius 3 is 2.88 bits per heavy atom. The number of benzene rings is 1. The van der Waals surface area contributed by atoms with Crippen molar-refractivity contribution in [1.29, 1.82) is 0 Å². The summed E-state index contributed by atoms with van der Waals surface area (Å²) in [5, 5.41) is 10.3. The molecule has 0 radical (unpaired) electrons. The Bertz CT molecular complexity index is 879. The van der Waals surface area contributed by atoms with E-state index in [1.807, 2.05) is 0 Å². The van der Waals surface area contributed by atoms with Crippen LogP contribution in [0.5, 0.6) is 5.75 Å². The molecule has 8 heteroatoms. The molecule has 2 aromatic rings. The Balaban J connectivity index is 0.00000289. The van der Waals surface area contributed by atoms with Gasteiger partial charge in [0.1, 0.15) is 5.75 Å². The molecule has 1 saturated heterocycles. The van der Waals surface area contributed by atoms with Crippen LogP contribution < -0.4 is 15.4 Å². The predicted octanol–water partition coefficient (Wildman–Crippen LogP) is 4.01. The smallest absolute Gasteiger partial charge is 0.191 e. The lowest BCUT2D eigenvalue weighted by molar-refractivity contribution is 0.179. The van der Waals surface area contributed by atoms with Crippen molar-refractivity contribution in [3.8, 4) is 5.75 Å². The molecule has 6 nitrogen and oxygen atoms in total. The van der Waals surface area contributed by atoms with Gasteiger partial charge < -0.3 is 15.4 Å². The zero-order valence-corrected chi connectivity index (χ0v) is 22.4. The van der Waals surface area contributed by atoms with Crippen molar-refractivity contribution in [1.82, 2.24) is 20.5 Å². The van der Waals surface area contributed by atoms with E-state index in [4.69, 9.17) is 9.73 Å². The molecule has 0 spiro atoms. The first kappa shape index (κ1) is 25.2. The van der Waals surface area contributed by atoms with Gasteiger partial charge >= 0.3 is 0 Å². The summed E-state index contributed by atoms with van der Waals surface area (Å²) in [4.78, 5) is 12.0. The van der Waals surface area contributed by atoms with Gasteiger partial charge in [0.2, 0.25) is 0 Å². The van der Waals surface area contributed by atoms with E-state index in [1.54, 1.807) is 11.3 Å². The highest BCUT2D eigenvalue weighted by Crippen LogP contribution is 2.26. The Kier molecular flexibility index (Phi) is 10.1. The van der Waals surface area contributed by atoms with E-state index in [2.05, 4.69) is 57.9 Å². The first-order valence-electron chi connectivity index (χ1n) is 11.6. The minimum absolute atomic E-state index is 0. The van der Waals surface area contributed by atoms with Gasteiger partial charge in [-0.25, -0.2) is 4.98 Å². The Hall–Kier alpha value is -1.39. The van der Waals surface area contributed by atoms with Crippen molar-refractivity contribution in [3.05, 3.63) is 45.4 Å². The van der Waals surface area contributed by atoms with Gasteiger partial charge in [-0.2, -0.15) is 0 Å². The summed E-state index contributed by atoms with van der Waals surface area (Å²) in [5.74, 6) is 2.66. The van der Waals surface area contributed by atoms with E-state index in [0.717, 1.165) is 75.4 Å². The van der Waals surface area contributed by atoms with Crippen LogP contribution in [0.1, 0.15) is 41.6 Å². The number of fused-ring (bicyclic) bond motifs is 1. The Morgan fingerprint density at radius 2 is 2.12 bits per heavy atom. The summed E-state index contributed by atoms with van der Waals surface area (Å²) in [6.07, 6.45) is 4.45. The number of ether oxygens (including phenoxy) is 1. The molecule has 4 rings (SSSR count). The molecule has 32 heavy (non-hydrogen) atoms. The number of aliphatic imine (C=N–C) groups is 1. The summed E-state index contributed by atoms with van der Waals surface area (Å²) >= 11 is 1.74. The lowest BCUT2D eigenvalue weighted by Crippen LogP contribution is -2.39. The topological polar surface area (TPSA) is 61.8 Å². The lowest BCUT2D eigenvalue weighted by atomic mass is 9.97. The maximum Gasteiger partial charge on any atom is 0.191 e. The number of nitrogens with zero attached hydrogens (tertiary/aromatic N) is 3. The minimum atomic E-state index is 0. The molecule has 2 aliphatic heterocycles. The average Bonchev–Trinajstić information content (AvgIpc) is 3.41. The fourth-order valence-electron chi connectivity index (χ4n) is 4.32. The quantitative estimate of drug-likeness (QED) is 0.286. The predicted molar refractivity (Wildman–Crippen MR) is 144 cm³/mol. The van der Waals surface area contributed by atoms with E-state index >= 15 is 0 Å². The maximum absolute atomic E-state index is 5.60. The molecule has 1 aromatic heterocycles. The third-order valence-corrected chi connectivity index (χ3v) is 6.89. The molecular weight excluding hydrogens is 533 g/mol. The molecule has 1 aromatic carbocycles. The van der Waals surface area contributed by atoms with Gasteiger partial charge in [-0.1, -0.05) is 12.1 Å². The van der Waals surface area contributed by atoms with Gasteiger partial charge in [-0.05, 0) is 69.3 Å². The zero-order chi connectivity index (χ0) is 21.5. The second-order valence-corrected chi connectivity index (χ2v) is 9.58. The van der Waals surface area contributed by atoms with Crippen LogP contribution in [0.4, 0.5) is 0 Å². The van der Waals surface area contributed by atoms with Crippen molar-refractivity contribution in [2.75, 3.05) is 39.3 Å². The van der Waals surface area contributed by atoms with Crippen molar-refractivity contribution in [2.45, 2.75) is 46.1 Å². The molecule has 0 unspecified atom stereocenters. The van der Waals surface area contributed by atoms with Crippen molar-refractivity contribution >= 4 is 41.3 Å². The van der Waals surface area contributed by atoms with Crippen LogP contribution in [0.15, 0.2) is 28.6 Å². The standard InChI is InChI=1S/C24H35N5OS.HI/c1-3-25-24(26-10-6-19-4-5-23-21(14-19)9-13-30-23)27-15-20-7-11-29(12-8-20)16-22-17-31-18(2)28-22;/h4-5,14,17,20H,3,6-13,15-16H2,1-2H3,(H2,25,26,27);1H. The third kappa shape index (κ3) is 7.31. The van der Waals surface area contributed by atoms with Crippen LogP contribution in [0.2, 0.25) is 0 Å². The first-order chi connectivity index (χ1) is 15.2. The maximum atomic E-state index is 5.60. The van der Waals surface area contributed by atoms with Crippen molar-refractivity contribution in [2.24, 2.45) is 10.9 Å². The highest BCUT2D eigenvalue weighted by molar-refractivity contribution is 14.0. The van der Waals surface area contributed by atoms with Gasteiger partial charge in [0.05, 0.1) is 17.3 Å². The summed E-state index contributed by atoms with van der Waals surface area (Å²) in [6.45, 7) is 11.0. The van der Waals surface area contributed by atoms with Gasteiger partial charge in [0.15, 0.2) is 5.96 Å². The average molecular weight is 570 g/mol. The number of aromatic nitrogens is 1. The SMILES string of the molecule is CCNC(=NCC1CCN(Cc2csc(C)n2)CC1)NCCc1ccc2c(c1)CCO2.I. The van der Waals surface area contributed by atoms with Crippen LogP contribution in [0, 0.1) is 12.8 Å². The number of halogens is 1. The fourth-order valence-corrected chi connectivity index (χ4v) is 4.92. The lowest BCUT2D eigenvalue weighted by Gasteiger charge is -2.30. The number of aryl methyl sites for hydroxylation is 1. The van der Waals surface area contributed by atoms with Crippen LogP contribution in [0.25, 0.3) is 0 Å². The molecule has 0 amide bonds. The number of guanidine groups is 1. The van der Waals surface area contributed by atoms with E-state index < -0.39 is 0 Å². The normalized spacial score (nSPS) is 16.9. The molecule has 0 bridgehead atoms. The summed E-state index contributed by atoms with van der Waals surface area (Å²) in [5.41, 5.74) is 3.91. The number of nitrogens with one attached hydrogen (secondary N) is 2. The molecule has 1 fully saturated rings. The van der Waals surface area contributed by atoms with Gasteiger partial charge in [-0.3, -0.25) is 9.89 Å². The largest absolute Gasteiger partial charge is 0.493 e. The summed E-state index contributed by atoms with van der Waals surface area (Å²) in [7, 11) is 0. The van der Waals surface area contributed by atoms with Crippen LogP contribution in [0.3, 0.4) is 0 Å². The summed E-state index contributed by atoms with van der Waals surface area (Å²) < 4.78 is 5.60. The first-order valence-corrected chi connectivity index (χ1v) is 12.5. The van der Waals surface area contributed by atoms with Crippen LogP contribution >= 0.6 is 35.3 Å². The summed E-state index contributed by atoms with van der Waals surface area (Å²) in [6, 6.07) is 6.57. The number of hydrogen-bond donors (Lipinski definition) is 2. The van der Waals surface area contributed by atoms with E-state index in [-0.39, 0.29) is 24.0 Å². The monoisotopic (exact) mass is 569 g/mol. The van der Waals surface area contributed by atoms with Gasteiger partial charge in [-0.15, -0.1) is 35.3 Å². The number of rotatable bonds is 8. The highest BCUT2D eigenvalue weighted by atomic mass is 127. The van der Waals surface area contributed by atoms with E-state index in [9.17, 15) is 0 Å². The Morgan fingerprint density at radius 1 is 1.28 bits per heavy atom. The number of piperidine rings is 1. The molecule has 0 atom stereocenters. The van der Waals surface area contributed by atoms with Gasteiger partial charge in [0.25, 0.3) is 0 Å². The highest BCUT2D eigenvalue weighted by Gasteiger charge is 2.20. The Labute approximate surface area is 213 Å². The molecule has 176 valence electrons. The second-order valence-electron chi connectivity index (χ2n) is 8.51. The second kappa shape index (κ2) is 12.7. The minimum Gasteiger partial charge on any atom is -0.493 e. The molecular formula is C24H36IN5OS. The van der Waals surface area contributed by atoms with Crippen LogP contribution in [-0.2, 0) is 19.4 Å². The van der Waals surface area contributed by atoms with E-state index in [1.165, 1.54) is 29.7 Å². The molecule has 2 N–H and O–H groups in total. The number of likely N-dealkylation sites (tertiary alicyclic amines) is 1. The fraction of sp³-hybridized carbons (Fsp3) is 0.583. The number of thiazole rings is 1. The van der Waals surface area contributed by atoms with Crippen molar-refractivity contribution < 1.29 is 4.74 Å². The van der Waals surface area contributed by atoms with Gasteiger partial charge in [0, 0.05) is 38.0 Å². The molecule has 2 aliphatic rings. The zero-order valence-electron chi connectivity index (χ0n) is 19.2. The third-order valence-electron chi connectivity index (χ3n) is 6.07. The molecule has 3 heterocycles. The number of hydrogen-bond acceptors (Lipinski definition) is 5. The molecule has 0 aliphatic carbocycles. The molecule has 0 saturated carbocycles. The van der Waals surface area contributed by atoms with Crippen LogP contribution in [-0.4, -0.2) is 55.2 Å².